The van der Waals surface area contributed by atoms with Crippen LogP contribution in [0, 0.1) is 0 Å². The van der Waals surface area contributed by atoms with Crippen molar-refractivity contribution >= 4 is 27.3 Å². The van der Waals surface area contributed by atoms with Crippen LogP contribution < -0.4 is 9.21 Å². The third-order valence-electron chi connectivity index (χ3n) is 3.83. The quantitative estimate of drug-likeness (QED) is 0.808. The van der Waals surface area contributed by atoms with Gasteiger partial charge in [0.25, 0.3) is 0 Å². The van der Waals surface area contributed by atoms with E-state index in [0.717, 1.165) is 28.2 Å². The van der Waals surface area contributed by atoms with Crippen molar-refractivity contribution in [2.45, 2.75) is 13.3 Å². The maximum atomic E-state index is 12.5. The lowest BCUT2D eigenvalue weighted by Gasteiger charge is -2.25. The van der Waals surface area contributed by atoms with Crippen LogP contribution in [0.3, 0.4) is 0 Å². The summed E-state index contributed by atoms with van der Waals surface area (Å²) in [6, 6.07) is 16.3. The zero-order valence-electron chi connectivity index (χ0n) is 14.1. The van der Waals surface area contributed by atoms with Crippen molar-refractivity contribution in [3.05, 3.63) is 60.2 Å². The maximum absolute atomic E-state index is 12.5. The topological polar surface area (TPSA) is 57.7 Å². The van der Waals surface area contributed by atoms with E-state index >= 15 is 0 Å². The van der Waals surface area contributed by atoms with Crippen LogP contribution in [0.25, 0.3) is 0 Å². The first kappa shape index (κ1) is 18.0. The average Bonchev–Trinajstić information content (AvgIpc) is 2.58. The number of amides is 1. The SMILES string of the molecule is CCc1ccc(N(CC(=O)N(C)c2ccccc2)S(C)(=O)=O)cc1. The third kappa shape index (κ3) is 4.35. The summed E-state index contributed by atoms with van der Waals surface area (Å²) in [4.78, 5) is 14.0. The van der Waals surface area contributed by atoms with Gasteiger partial charge >= 0.3 is 0 Å². The zero-order chi connectivity index (χ0) is 17.7. The summed E-state index contributed by atoms with van der Waals surface area (Å²) in [5, 5.41) is 0. The second kappa shape index (κ2) is 7.49. The highest BCUT2D eigenvalue weighted by atomic mass is 32.2. The lowest BCUT2D eigenvalue weighted by molar-refractivity contribution is -0.116. The molecule has 0 N–H and O–H groups in total. The molecule has 0 saturated heterocycles. The highest BCUT2D eigenvalue weighted by Crippen LogP contribution is 2.20. The minimum Gasteiger partial charge on any atom is -0.314 e. The molecule has 0 unspecified atom stereocenters. The second-order valence-electron chi connectivity index (χ2n) is 5.58. The van der Waals surface area contributed by atoms with E-state index < -0.39 is 10.0 Å². The normalized spacial score (nSPS) is 11.1. The maximum Gasteiger partial charge on any atom is 0.247 e. The summed E-state index contributed by atoms with van der Waals surface area (Å²) in [6.07, 6.45) is 1.98. The Morgan fingerprint density at radius 2 is 1.54 bits per heavy atom. The first-order chi connectivity index (χ1) is 11.3. The standard InChI is InChI=1S/C18H22N2O3S/c1-4-15-10-12-17(13-11-15)20(24(3,22)23)14-18(21)19(2)16-8-6-5-7-9-16/h5-13H,4,14H2,1-3H3. The molecule has 2 rings (SSSR count). The van der Waals surface area contributed by atoms with E-state index in [0.29, 0.717) is 5.69 Å². The van der Waals surface area contributed by atoms with Gasteiger partial charge in [0.2, 0.25) is 15.9 Å². The number of sulfonamides is 1. The number of hydrogen-bond acceptors (Lipinski definition) is 3. The van der Waals surface area contributed by atoms with Crippen molar-refractivity contribution in [1.29, 1.82) is 0 Å². The lowest BCUT2D eigenvalue weighted by Crippen LogP contribution is -2.41. The predicted octanol–water partition coefficient (Wildman–Crippen LogP) is 2.68. The van der Waals surface area contributed by atoms with Gasteiger partial charge in [-0.25, -0.2) is 8.42 Å². The van der Waals surface area contributed by atoms with Crippen LogP contribution in [0.5, 0.6) is 0 Å². The van der Waals surface area contributed by atoms with Gasteiger partial charge in [0, 0.05) is 12.7 Å². The molecule has 0 atom stereocenters. The molecule has 0 saturated carbocycles. The van der Waals surface area contributed by atoms with Crippen LogP contribution in [-0.4, -0.2) is 34.2 Å². The summed E-state index contributed by atoms with van der Waals surface area (Å²) < 4.78 is 25.4. The molecule has 0 aliphatic rings. The summed E-state index contributed by atoms with van der Waals surface area (Å²) >= 11 is 0. The van der Waals surface area contributed by atoms with Crippen LogP contribution in [0.1, 0.15) is 12.5 Å². The van der Waals surface area contributed by atoms with Gasteiger partial charge in [-0.2, -0.15) is 0 Å². The molecule has 0 heterocycles. The number of para-hydroxylation sites is 1. The molecule has 128 valence electrons. The first-order valence-corrected chi connectivity index (χ1v) is 9.56. The van der Waals surface area contributed by atoms with Crippen molar-refractivity contribution in [3.8, 4) is 0 Å². The van der Waals surface area contributed by atoms with E-state index in [1.807, 2.05) is 37.3 Å². The Kier molecular flexibility index (Phi) is 5.62. The lowest BCUT2D eigenvalue weighted by atomic mass is 10.1. The Hall–Kier alpha value is -2.34. The average molecular weight is 346 g/mol. The molecule has 0 aromatic heterocycles. The fourth-order valence-corrected chi connectivity index (χ4v) is 3.17. The molecule has 6 heteroatoms. The molecular weight excluding hydrogens is 324 g/mol. The monoisotopic (exact) mass is 346 g/mol. The summed E-state index contributed by atoms with van der Waals surface area (Å²) in [6.45, 7) is 1.79. The number of likely N-dealkylation sites (N-methyl/N-ethyl adjacent to an activating group) is 1. The number of hydrogen-bond donors (Lipinski definition) is 0. The van der Waals surface area contributed by atoms with Crippen LogP contribution in [0.2, 0.25) is 0 Å². The number of benzene rings is 2. The number of carbonyl (C=O) groups excluding carboxylic acids is 1. The molecule has 5 nitrogen and oxygen atoms in total. The fraction of sp³-hybridized carbons (Fsp3) is 0.278. The molecule has 2 aromatic rings. The van der Waals surface area contributed by atoms with Crippen LogP contribution in [-0.2, 0) is 21.2 Å². The molecular formula is C18H22N2O3S. The molecule has 2 aromatic carbocycles. The highest BCUT2D eigenvalue weighted by Gasteiger charge is 2.23. The van der Waals surface area contributed by atoms with Gasteiger partial charge in [-0.15, -0.1) is 0 Å². The largest absolute Gasteiger partial charge is 0.314 e. The fourth-order valence-electron chi connectivity index (χ4n) is 2.32. The van der Waals surface area contributed by atoms with E-state index in [1.165, 1.54) is 4.90 Å². The predicted molar refractivity (Wildman–Crippen MR) is 97.9 cm³/mol. The molecule has 0 spiro atoms. The molecule has 0 radical (unpaired) electrons. The Bertz CT molecular complexity index is 787. The number of carbonyl (C=O) groups is 1. The van der Waals surface area contributed by atoms with E-state index in [9.17, 15) is 13.2 Å². The van der Waals surface area contributed by atoms with Gasteiger partial charge in [-0.3, -0.25) is 9.10 Å². The Labute approximate surface area is 143 Å². The van der Waals surface area contributed by atoms with Gasteiger partial charge in [0.05, 0.1) is 11.9 Å². The Balaban J connectivity index is 2.24. The Morgan fingerprint density at radius 3 is 2.04 bits per heavy atom. The molecule has 0 fully saturated rings. The van der Waals surface area contributed by atoms with Gasteiger partial charge in [-0.05, 0) is 36.2 Å². The van der Waals surface area contributed by atoms with Gasteiger partial charge < -0.3 is 4.90 Å². The van der Waals surface area contributed by atoms with Crippen LogP contribution in [0.15, 0.2) is 54.6 Å². The van der Waals surface area contributed by atoms with E-state index in [1.54, 1.807) is 31.3 Å². The van der Waals surface area contributed by atoms with Crippen molar-refractivity contribution in [2.24, 2.45) is 0 Å². The highest BCUT2D eigenvalue weighted by molar-refractivity contribution is 7.92. The summed E-state index contributed by atoms with van der Waals surface area (Å²) in [5.41, 5.74) is 2.32. The van der Waals surface area contributed by atoms with Crippen molar-refractivity contribution in [2.75, 3.05) is 29.1 Å². The van der Waals surface area contributed by atoms with Crippen molar-refractivity contribution < 1.29 is 13.2 Å². The number of aryl methyl sites for hydroxylation is 1. The molecule has 0 aliphatic carbocycles. The van der Waals surface area contributed by atoms with Gasteiger partial charge in [-0.1, -0.05) is 37.3 Å². The molecule has 1 amide bonds. The van der Waals surface area contributed by atoms with Gasteiger partial charge in [0.1, 0.15) is 6.54 Å². The minimum absolute atomic E-state index is 0.240. The van der Waals surface area contributed by atoms with Crippen molar-refractivity contribution in [3.63, 3.8) is 0 Å². The van der Waals surface area contributed by atoms with Gasteiger partial charge in [0.15, 0.2) is 0 Å². The third-order valence-corrected chi connectivity index (χ3v) is 4.97. The summed E-state index contributed by atoms with van der Waals surface area (Å²) in [5.74, 6) is -0.300. The zero-order valence-corrected chi connectivity index (χ0v) is 15.0. The number of anilines is 2. The second-order valence-corrected chi connectivity index (χ2v) is 7.48. The summed E-state index contributed by atoms with van der Waals surface area (Å²) in [7, 11) is -1.93. The number of nitrogens with zero attached hydrogens (tertiary/aromatic N) is 2. The van der Waals surface area contributed by atoms with E-state index in [-0.39, 0.29) is 12.5 Å². The van der Waals surface area contributed by atoms with E-state index in [2.05, 4.69) is 0 Å². The number of rotatable bonds is 6. The van der Waals surface area contributed by atoms with E-state index in [4.69, 9.17) is 0 Å². The molecule has 0 bridgehead atoms. The molecule has 0 aliphatic heterocycles. The van der Waals surface area contributed by atoms with Crippen molar-refractivity contribution in [1.82, 2.24) is 0 Å². The van der Waals surface area contributed by atoms with Crippen LogP contribution >= 0.6 is 0 Å². The first-order valence-electron chi connectivity index (χ1n) is 7.71. The van der Waals surface area contributed by atoms with Crippen LogP contribution in [0.4, 0.5) is 11.4 Å². The smallest absolute Gasteiger partial charge is 0.247 e. The Morgan fingerprint density at radius 1 is 0.958 bits per heavy atom. The molecule has 24 heavy (non-hydrogen) atoms. The minimum atomic E-state index is -3.56.